The van der Waals surface area contributed by atoms with Crippen LogP contribution in [-0.4, -0.2) is 14.8 Å². The van der Waals surface area contributed by atoms with Crippen LogP contribution < -0.4 is 0 Å². The molecular weight excluding hydrogens is 278 g/mol. The van der Waals surface area contributed by atoms with E-state index in [-0.39, 0.29) is 0 Å². The molecule has 0 fully saturated rings. The summed E-state index contributed by atoms with van der Waals surface area (Å²) >= 11 is 7.86. The highest BCUT2D eigenvalue weighted by atomic mass is 35.5. The predicted octanol–water partition coefficient (Wildman–Crippen LogP) is 4.33. The van der Waals surface area contributed by atoms with Crippen LogP contribution in [0.25, 0.3) is 15.3 Å². The highest BCUT2D eigenvalue weighted by Crippen LogP contribution is 2.27. The van der Waals surface area contributed by atoms with Gasteiger partial charge in [-0.1, -0.05) is 48.9 Å². The first-order valence-electron chi connectivity index (χ1n) is 6.24. The third kappa shape index (κ3) is 2.51. The number of fused-ring (bicyclic) bond motifs is 1. The van der Waals surface area contributed by atoms with Crippen molar-refractivity contribution in [2.45, 2.75) is 20.3 Å². The van der Waals surface area contributed by atoms with Gasteiger partial charge in [-0.05, 0) is 30.5 Å². The highest BCUT2D eigenvalue weighted by Gasteiger charge is 2.12. The average molecular weight is 292 g/mol. The van der Waals surface area contributed by atoms with E-state index in [4.69, 9.17) is 11.6 Å². The minimum absolute atomic E-state index is 0.565. The first kappa shape index (κ1) is 12.6. The molecule has 1 aromatic carbocycles. The molecule has 0 spiro atoms. The van der Waals surface area contributed by atoms with Gasteiger partial charge >= 0.3 is 0 Å². The number of nitrogens with zero attached hydrogens (tertiary/aromatic N) is 3. The molecule has 19 heavy (non-hydrogen) atoms. The summed E-state index contributed by atoms with van der Waals surface area (Å²) in [7, 11) is 0. The molecule has 0 saturated heterocycles. The van der Waals surface area contributed by atoms with Crippen molar-refractivity contribution in [1.82, 2.24) is 14.8 Å². The van der Waals surface area contributed by atoms with E-state index in [0.717, 1.165) is 27.5 Å². The number of thiazole rings is 1. The summed E-state index contributed by atoms with van der Waals surface area (Å²) in [5.74, 6) is 0.565. The Labute approximate surface area is 120 Å². The van der Waals surface area contributed by atoms with Gasteiger partial charge in [0.1, 0.15) is 5.15 Å². The van der Waals surface area contributed by atoms with Crippen molar-refractivity contribution in [2.24, 2.45) is 5.92 Å². The molecule has 3 rings (SSSR count). The second-order valence-corrected chi connectivity index (χ2v) is 6.33. The Morgan fingerprint density at radius 3 is 2.84 bits per heavy atom. The Balaban J connectivity index is 2.03. The average Bonchev–Trinajstić information content (AvgIpc) is 2.91. The summed E-state index contributed by atoms with van der Waals surface area (Å²) in [4.78, 5) is 4.57. The maximum Gasteiger partial charge on any atom is 0.212 e. The maximum absolute atomic E-state index is 6.26. The molecule has 0 amide bonds. The fourth-order valence-electron chi connectivity index (χ4n) is 2.01. The molecule has 3 aromatic rings. The van der Waals surface area contributed by atoms with Crippen molar-refractivity contribution < 1.29 is 0 Å². The summed E-state index contributed by atoms with van der Waals surface area (Å²) in [5.41, 5.74) is 2.00. The Kier molecular flexibility index (Phi) is 3.29. The lowest BCUT2D eigenvalue weighted by molar-refractivity contribution is 0.628. The molecule has 98 valence electrons. The van der Waals surface area contributed by atoms with E-state index >= 15 is 0 Å². The Hall–Kier alpha value is -1.39. The summed E-state index contributed by atoms with van der Waals surface area (Å²) in [6, 6.07) is 9.98. The van der Waals surface area contributed by atoms with Gasteiger partial charge < -0.3 is 0 Å². The second-order valence-electron chi connectivity index (χ2n) is 4.93. The van der Waals surface area contributed by atoms with E-state index in [9.17, 15) is 0 Å². The van der Waals surface area contributed by atoms with Crippen molar-refractivity contribution in [1.29, 1.82) is 0 Å². The van der Waals surface area contributed by atoms with E-state index in [1.54, 1.807) is 16.0 Å². The third-order valence-electron chi connectivity index (χ3n) is 2.80. The van der Waals surface area contributed by atoms with Crippen molar-refractivity contribution >= 4 is 33.2 Å². The fraction of sp³-hybridized carbons (Fsp3) is 0.286. The van der Waals surface area contributed by atoms with Crippen LogP contribution in [0.15, 0.2) is 30.3 Å². The van der Waals surface area contributed by atoms with E-state index in [2.05, 4.69) is 30.0 Å². The zero-order valence-electron chi connectivity index (χ0n) is 10.8. The third-order valence-corrected chi connectivity index (χ3v) is 4.08. The normalized spacial score (nSPS) is 11.6. The van der Waals surface area contributed by atoms with Crippen molar-refractivity contribution in [3.05, 3.63) is 41.2 Å². The van der Waals surface area contributed by atoms with Gasteiger partial charge in [-0.3, -0.25) is 0 Å². The summed E-state index contributed by atoms with van der Waals surface area (Å²) in [5, 5.41) is 5.99. The number of aromatic nitrogens is 3. The summed E-state index contributed by atoms with van der Waals surface area (Å²) in [6.45, 7) is 4.34. The largest absolute Gasteiger partial charge is 0.218 e. The molecule has 0 atom stereocenters. The monoisotopic (exact) mass is 291 g/mol. The van der Waals surface area contributed by atoms with Crippen LogP contribution in [0, 0.1) is 5.92 Å². The Morgan fingerprint density at radius 1 is 1.32 bits per heavy atom. The molecule has 0 saturated carbocycles. The molecule has 0 aliphatic rings. The highest BCUT2D eigenvalue weighted by molar-refractivity contribution is 7.20. The molecule has 5 heteroatoms. The molecular formula is C14H14ClN3S. The van der Waals surface area contributed by atoms with E-state index in [0.29, 0.717) is 11.1 Å². The van der Waals surface area contributed by atoms with Crippen LogP contribution in [0.5, 0.6) is 0 Å². The topological polar surface area (TPSA) is 30.7 Å². The van der Waals surface area contributed by atoms with Crippen molar-refractivity contribution in [3.63, 3.8) is 0 Å². The van der Waals surface area contributed by atoms with E-state index < -0.39 is 0 Å². The summed E-state index contributed by atoms with van der Waals surface area (Å²) in [6.07, 6.45) is 0.928. The number of hydrogen-bond donors (Lipinski definition) is 0. The van der Waals surface area contributed by atoms with Gasteiger partial charge in [0.15, 0.2) is 0 Å². The van der Waals surface area contributed by atoms with Crippen molar-refractivity contribution in [3.8, 4) is 5.13 Å². The molecule has 2 aromatic heterocycles. The molecule has 0 N–H and O–H groups in total. The lowest BCUT2D eigenvalue weighted by Gasteiger charge is -1.99. The van der Waals surface area contributed by atoms with Crippen LogP contribution in [-0.2, 0) is 6.42 Å². The molecule has 0 aliphatic carbocycles. The summed E-state index contributed by atoms with van der Waals surface area (Å²) < 4.78 is 2.87. The van der Waals surface area contributed by atoms with E-state index in [1.165, 1.54) is 0 Å². The molecule has 0 bridgehead atoms. The van der Waals surface area contributed by atoms with Crippen LogP contribution in [0.4, 0.5) is 0 Å². The number of rotatable bonds is 3. The van der Waals surface area contributed by atoms with Crippen LogP contribution in [0.3, 0.4) is 0 Å². The number of benzene rings is 1. The lowest BCUT2D eigenvalue weighted by atomic mass is 10.1. The fourth-order valence-corrected chi connectivity index (χ4v) is 3.23. The zero-order valence-corrected chi connectivity index (χ0v) is 12.4. The van der Waals surface area contributed by atoms with Gasteiger partial charge in [0.05, 0.1) is 15.9 Å². The van der Waals surface area contributed by atoms with E-state index in [1.807, 2.05) is 24.3 Å². The molecule has 0 radical (unpaired) electrons. The number of para-hydroxylation sites is 1. The van der Waals surface area contributed by atoms with Crippen LogP contribution >= 0.6 is 22.9 Å². The van der Waals surface area contributed by atoms with Crippen LogP contribution in [0.2, 0.25) is 5.15 Å². The van der Waals surface area contributed by atoms with Gasteiger partial charge in [-0.25, -0.2) is 4.98 Å². The maximum atomic E-state index is 6.26. The first-order valence-corrected chi connectivity index (χ1v) is 7.43. The Bertz CT molecular complexity index is 681. The minimum Gasteiger partial charge on any atom is -0.218 e. The zero-order chi connectivity index (χ0) is 13.4. The molecule has 0 unspecified atom stereocenters. The molecule has 2 heterocycles. The predicted molar refractivity (Wildman–Crippen MR) is 80.3 cm³/mol. The van der Waals surface area contributed by atoms with Crippen LogP contribution in [0.1, 0.15) is 19.5 Å². The van der Waals surface area contributed by atoms with Gasteiger partial charge in [0.25, 0.3) is 0 Å². The number of halogens is 1. The Morgan fingerprint density at radius 2 is 2.11 bits per heavy atom. The number of hydrogen-bond acceptors (Lipinski definition) is 3. The SMILES string of the molecule is CC(C)Cc1cc(Cl)n(-c2nc3ccccc3s2)n1. The second kappa shape index (κ2) is 4.94. The minimum atomic E-state index is 0.565. The van der Waals surface area contributed by atoms with Gasteiger partial charge in [0, 0.05) is 0 Å². The van der Waals surface area contributed by atoms with Gasteiger partial charge in [-0.2, -0.15) is 9.78 Å². The molecule has 3 nitrogen and oxygen atoms in total. The quantitative estimate of drug-likeness (QED) is 0.719. The lowest BCUT2D eigenvalue weighted by Crippen LogP contribution is -1.99. The first-order chi connectivity index (χ1) is 9.13. The standard InChI is InChI=1S/C14H14ClN3S/c1-9(2)7-10-8-13(15)18(17-10)14-16-11-5-3-4-6-12(11)19-14/h3-6,8-9H,7H2,1-2H3. The van der Waals surface area contributed by atoms with Gasteiger partial charge in [-0.15, -0.1) is 0 Å². The van der Waals surface area contributed by atoms with Crippen molar-refractivity contribution in [2.75, 3.05) is 0 Å². The molecule has 0 aliphatic heterocycles. The van der Waals surface area contributed by atoms with Gasteiger partial charge in [0.2, 0.25) is 5.13 Å². The smallest absolute Gasteiger partial charge is 0.212 e.